The Morgan fingerprint density at radius 2 is 1.26 bits per heavy atom. The minimum absolute atomic E-state index is 0.180. The van der Waals surface area contributed by atoms with Crippen LogP contribution in [0.4, 0.5) is 0 Å². The average molecular weight is 539 g/mol. The number of hydrogen-bond donors (Lipinski definition) is 0. The van der Waals surface area contributed by atoms with Crippen molar-refractivity contribution in [3.05, 3.63) is 157 Å². The van der Waals surface area contributed by atoms with Crippen molar-refractivity contribution < 1.29 is 0 Å². The summed E-state index contributed by atoms with van der Waals surface area (Å²) in [5, 5.41) is 5.18. The highest BCUT2D eigenvalue weighted by Gasteiger charge is 2.22. The van der Waals surface area contributed by atoms with E-state index in [2.05, 4.69) is 157 Å². The topological polar surface area (TPSA) is 17.8 Å². The monoisotopic (exact) mass is 538 g/mol. The van der Waals surface area contributed by atoms with Crippen molar-refractivity contribution in [2.75, 3.05) is 0 Å². The summed E-state index contributed by atoms with van der Waals surface area (Å²) in [5.74, 6) is 1.02. The molecular weight excluding hydrogens is 508 g/mol. The Morgan fingerprint density at radius 3 is 2.00 bits per heavy atom. The van der Waals surface area contributed by atoms with Crippen molar-refractivity contribution in [3.8, 4) is 22.5 Å². The molecule has 0 amide bonds. The zero-order valence-electron chi connectivity index (χ0n) is 23.5. The second-order valence-corrected chi connectivity index (χ2v) is 11.2. The molecule has 0 spiro atoms. The van der Waals surface area contributed by atoms with Crippen molar-refractivity contribution in [2.24, 2.45) is 0 Å². The van der Waals surface area contributed by atoms with Crippen LogP contribution in [0, 0.1) is 6.92 Å². The van der Waals surface area contributed by atoms with Gasteiger partial charge in [0, 0.05) is 5.56 Å². The van der Waals surface area contributed by atoms with Crippen LogP contribution in [0.5, 0.6) is 0 Å². The first-order valence-corrected chi connectivity index (χ1v) is 14.7. The predicted molar refractivity (Wildman–Crippen MR) is 178 cm³/mol. The lowest BCUT2D eigenvalue weighted by atomic mass is 9.84. The van der Waals surface area contributed by atoms with Crippen LogP contribution in [0.25, 0.3) is 60.7 Å². The van der Waals surface area contributed by atoms with Crippen LogP contribution < -0.4 is 0 Å². The lowest BCUT2D eigenvalue weighted by molar-refractivity contribution is 0.632. The molecule has 1 heterocycles. The smallest absolute Gasteiger partial charge is 0.141 e. The van der Waals surface area contributed by atoms with Gasteiger partial charge in [-0.3, -0.25) is 0 Å². The zero-order chi connectivity index (χ0) is 28.0. The maximum atomic E-state index is 5.07. The summed E-state index contributed by atoms with van der Waals surface area (Å²) in [4.78, 5) is 5.07. The first-order chi connectivity index (χ1) is 20.8. The summed E-state index contributed by atoms with van der Waals surface area (Å²) >= 11 is 0. The number of aromatic nitrogens is 2. The molecule has 1 unspecified atom stereocenters. The van der Waals surface area contributed by atoms with Crippen LogP contribution in [-0.2, 0) is 0 Å². The number of rotatable bonds is 4. The molecule has 7 aromatic rings. The zero-order valence-corrected chi connectivity index (χ0v) is 23.5. The summed E-state index contributed by atoms with van der Waals surface area (Å²) in [6.07, 6.45) is 8.04. The second-order valence-electron chi connectivity index (χ2n) is 11.2. The van der Waals surface area contributed by atoms with E-state index in [0.29, 0.717) is 0 Å². The minimum Gasteiger partial charge on any atom is -0.317 e. The van der Waals surface area contributed by atoms with Gasteiger partial charge in [-0.15, -0.1) is 0 Å². The molecule has 1 aliphatic carbocycles. The van der Waals surface area contributed by atoms with E-state index in [9.17, 15) is 0 Å². The molecule has 0 radical (unpaired) electrons. The van der Waals surface area contributed by atoms with Gasteiger partial charge in [0.2, 0.25) is 0 Å². The lowest BCUT2D eigenvalue weighted by Gasteiger charge is -2.23. The Kier molecular flexibility index (Phi) is 5.86. The van der Waals surface area contributed by atoms with Crippen molar-refractivity contribution >= 4 is 38.2 Å². The molecule has 2 heteroatoms. The highest BCUT2D eigenvalue weighted by molar-refractivity contribution is 6.19. The molecule has 1 aromatic heterocycles. The Hall–Kier alpha value is -5.21. The van der Waals surface area contributed by atoms with Gasteiger partial charge in [0.15, 0.2) is 0 Å². The number of para-hydroxylation sites is 2. The molecular formula is C40H30N2. The molecule has 0 N–H and O–H groups in total. The van der Waals surface area contributed by atoms with E-state index in [-0.39, 0.29) is 6.04 Å². The predicted octanol–water partition coefficient (Wildman–Crippen LogP) is 10.6. The summed E-state index contributed by atoms with van der Waals surface area (Å²) in [6, 6.07) is 45.8. The molecule has 42 heavy (non-hydrogen) atoms. The van der Waals surface area contributed by atoms with Gasteiger partial charge in [0.1, 0.15) is 5.82 Å². The third-order valence-electron chi connectivity index (χ3n) is 8.57. The Bertz CT molecular complexity index is 2170. The van der Waals surface area contributed by atoms with E-state index in [1.807, 2.05) is 0 Å². The van der Waals surface area contributed by atoms with Crippen molar-refractivity contribution in [3.63, 3.8) is 0 Å². The normalized spacial score (nSPS) is 15.0. The van der Waals surface area contributed by atoms with Gasteiger partial charge in [-0.05, 0) is 69.3 Å². The Labute approximate surface area is 245 Å². The molecule has 8 rings (SSSR count). The highest BCUT2D eigenvalue weighted by Crippen LogP contribution is 2.44. The standard InChI is InChI=1S/C40H30N2/c1-27-20-25-34-35(26-27)39(33-17-9-8-16-32(33)38(34)28-12-4-2-5-13-28)29-21-23-31(24-22-29)42-37-19-11-10-18-36(37)41-40(42)30-14-6-3-7-15-30/h2-23,25-26,31H,24H2,1H3. The van der Waals surface area contributed by atoms with Crippen LogP contribution in [0.3, 0.4) is 0 Å². The van der Waals surface area contributed by atoms with Crippen LogP contribution in [0.2, 0.25) is 0 Å². The molecule has 1 aliphatic rings. The van der Waals surface area contributed by atoms with Crippen molar-refractivity contribution in [2.45, 2.75) is 19.4 Å². The molecule has 1 atom stereocenters. The third-order valence-corrected chi connectivity index (χ3v) is 8.57. The number of benzene rings is 6. The van der Waals surface area contributed by atoms with E-state index >= 15 is 0 Å². The van der Waals surface area contributed by atoms with E-state index in [4.69, 9.17) is 4.98 Å². The molecule has 0 bridgehead atoms. The van der Waals surface area contributed by atoms with Gasteiger partial charge in [-0.2, -0.15) is 0 Å². The molecule has 200 valence electrons. The fraction of sp³-hybridized carbons (Fsp3) is 0.0750. The highest BCUT2D eigenvalue weighted by atomic mass is 15.1. The number of allylic oxidation sites excluding steroid dienone is 4. The first kappa shape index (κ1) is 24.6. The Balaban J connectivity index is 1.30. The van der Waals surface area contributed by atoms with Crippen LogP contribution in [0.1, 0.15) is 23.6 Å². The maximum absolute atomic E-state index is 5.07. The summed E-state index contributed by atoms with van der Waals surface area (Å²) in [5.41, 5.74) is 9.77. The average Bonchev–Trinajstić information content (AvgIpc) is 3.44. The van der Waals surface area contributed by atoms with Gasteiger partial charge >= 0.3 is 0 Å². The van der Waals surface area contributed by atoms with E-state index < -0.39 is 0 Å². The molecule has 0 aliphatic heterocycles. The number of fused-ring (bicyclic) bond motifs is 3. The number of imidazole rings is 1. The van der Waals surface area contributed by atoms with Gasteiger partial charge in [-0.1, -0.05) is 139 Å². The maximum Gasteiger partial charge on any atom is 0.141 e. The summed E-state index contributed by atoms with van der Waals surface area (Å²) < 4.78 is 2.41. The fourth-order valence-corrected chi connectivity index (χ4v) is 6.68. The number of hydrogen-bond acceptors (Lipinski definition) is 1. The van der Waals surface area contributed by atoms with Crippen LogP contribution >= 0.6 is 0 Å². The molecule has 2 nitrogen and oxygen atoms in total. The largest absolute Gasteiger partial charge is 0.317 e. The van der Waals surface area contributed by atoms with E-state index in [0.717, 1.165) is 23.3 Å². The van der Waals surface area contributed by atoms with Crippen LogP contribution in [-0.4, -0.2) is 9.55 Å². The molecule has 0 saturated heterocycles. The van der Waals surface area contributed by atoms with Gasteiger partial charge in [0.05, 0.1) is 17.1 Å². The molecule has 0 saturated carbocycles. The third kappa shape index (κ3) is 3.99. The SMILES string of the molecule is Cc1ccc2c(-c3ccccc3)c3ccccc3c(C3=CCC(n4c(-c5ccccc5)nc5ccccc54)C=C3)c2c1. The number of aryl methyl sites for hydroxylation is 1. The van der Waals surface area contributed by atoms with Crippen LogP contribution in [0.15, 0.2) is 146 Å². The minimum atomic E-state index is 0.180. The van der Waals surface area contributed by atoms with Gasteiger partial charge < -0.3 is 4.57 Å². The lowest BCUT2D eigenvalue weighted by Crippen LogP contribution is -2.10. The molecule has 6 aromatic carbocycles. The van der Waals surface area contributed by atoms with E-state index in [1.54, 1.807) is 0 Å². The van der Waals surface area contributed by atoms with Gasteiger partial charge in [-0.25, -0.2) is 4.98 Å². The van der Waals surface area contributed by atoms with Gasteiger partial charge in [0.25, 0.3) is 0 Å². The fourth-order valence-electron chi connectivity index (χ4n) is 6.68. The summed E-state index contributed by atoms with van der Waals surface area (Å²) in [6.45, 7) is 2.19. The quantitative estimate of drug-likeness (QED) is 0.204. The molecule has 0 fully saturated rings. The van der Waals surface area contributed by atoms with Crippen molar-refractivity contribution in [1.82, 2.24) is 9.55 Å². The second kappa shape index (κ2) is 10.0. The number of nitrogens with zero attached hydrogens (tertiary/aromatic N) is 2. The summed E-state index contributed by atoms with van der Waals surface area (Å²) in [7, 11) is 0. The van der Waals surface area contributed by atoms with Crippen molar-refractivity contribution in [1.29, 1.82) is 0 Å². The first-order valence-electron chi connectivity index (χ1n) is 14.7. The van der Waals surface area contributed by atoms with E-state index in [1.165, 1.54) is 54.9 Å². The Morgan fingerprint density at radius 1 is 0.619 bits per heavy atom.